The van der Waals surface area contributed by atoms with Crippen molar-refractivity contribution in [3.05, 3.63) is 45.9 Å². The van der Waals surface area contributed by atoms with Crippen LogP contribution in [0.3, 0.4) is 0 Å². The molecule has 1 aliphatic heterocycles. The zero-order chi connectivity index (χ0) is 23.6. The van der Waals surface area contributed by atoms with E-state index in [1.807, 2.05) is 45.2 Å². The maximum Gasteiger partial charge on any atom is 0.407 e. The first-order valence-electron chi connectivity index (χ1n) is 10.6. The number of hydrogen-bond donors (Lipinski definition) is 1. The van der Waals surface area contributed by atoms with Gasteiger partial charge in [-0.25, -0.2) is 4.79 Å². The Kier molecular flexibility index (Phi) is 6.83. The molecule has 8 heteroatoms. The molecule has 1 aromatic carbocycles. The minimum atomic E-state index is -0.514. The monoisotopic (exact) mass is 443 g/mol. The second-order valence-corrected chi connectivity index (χ2v) is 9.22. The van der Waals surface area contributed by atoms with Gasteiger partial charge in [-0.2, -0.15) is 0 Å². The molecule has 0 unspecified atom stereocenters. The van der Waals surface area contributed by atoms with Gasteiger partial charge in [0.05, 0.1) is 25.8 Å². The van der Waals surface area contributed by atoms with Crippen molar-refractivity contribution in [3.63, 3.8) is 0 Å². The number of ether oxygens (including phenoxy) is 3. The minimum Gasteiger partial charge on any atom is -0.496 e. The Morgan fingerprint density at radius 2 is 1.69 bits per heavy atom. The molecule has 1 N–H and O–H groups in total. The predicted octanol–water partition coefficient (Wildman–Crippen LogP) is 3.09. The van der Waals surface area contributed by atoms with Crippen molar-refractivity contribution < 1.29 is 19.0 Å². The van der Waals surface area contributed by atoms with E-state index in [0.717, 1.165) is 28.2 Å². The van der Waals surface area contributed by atoms with Crippen LogP contribution < -0.4 is 20.3 Å². The van der Waals surface area contributed by atoms with Gasteiger partial charge in [0.15, 0.2) is 0 Å². The Labute approximate surface area is 189 Å². The molecule has 1 fully saturated rings. The van der Waals surface area contributed by atoms with Crippen molar-refractivity contribution in [1.29, 1.82) is 0 Å². The lowest BCUT2D eigenvalue weighted by Gasteiger charge is -2.40. The summed E-state index contributed by atoms with van der Waals surface area (Å²) < 4.78 is 18.3. The van der Waals surface area contributed by atoms with Crippen molar-refractivity contribution in [2.75, 3.05) is 27.3 Å². The number of amides is 1. The van der Waals surface area contributed by atoms with E-state index in [4.69, 9.17) is 14.2 Å². The number of likely N-dealkylation sites (tertiary alicyclic amines) is 1. The van der Waals surface area contributed by atoms with E-state index in [-0.39, 0.29) is 11.6 Å². The molecule has 1 amide bonds. The van der Waals surface area contributed by atoms with E-state index in [0.29, 0.717) is 25.2 Å². The third-order valence-corrected chi connectivity index (χ3v) is 5.36. The molecular weight excluding hydrogens is 410 g/mol. The molecule has 0 bridgehead atoms. The lowest BCUT2D eigenvalue weighted by molar-refractivity contribution is 0.0390. The van der Waals surface area contributed by atoms with Gasteiger partial charge >= 0.3 is 6.09 Å². The van der Waals surface area contributed by atoms with Gasteiger partial charge in [0.2, 0.25) is 0 Å². The number of rotatable bonds is 6. The summed E-state index contributed by atoms with van der Waals surface area (Å²) in [4.78, 5) is 26.2. The Morgan fingerprint density at radius 1 is 1.09 bits per heavy atom. The quantitative estimate of drug-likeness (QED) is 0.739. The molecule has 2 aromatic rings. The molecule has 0 saturated carbocycles. The Morgan fingerprint density at radius 3 is 2.19 bits per heavy atom. The molecule has 1 aliphatic rings. The normalized spacial score (nSPS) is 14.6. The van der Waals surface area contributed by atoms with Crippen LogP contribution in [0.2, 0.25) is 0 Å². The summed E-state index contributed by atoms with van der Waals surface area (Å²) >= 11 is 0. The van der Waals surface area contributed by atoms with Crippen LogP contribution in [0.25, 0.3) is 11.1 Å². The number of aromatic nitrogens is 1. The van der Waals surface area contributed by atoms with Crippen molar-refractivity contribution in [1.82, 2.24) is 14.8 Å². The standard InChI is InChI=1S/C24H33N3O5/c1-15-8-17(11-26(5)22(15)28)16-9-20(30-6)19(21(10-16)31-7)14-27-12-18(13-27)25-23(29)32-24(2,3)4/h8-11,18H,12-14H2,1-7H3,(H,25,29). The predicted molar refractivity (Wildman–Crippen MR) is 123 cm³/mol. The summed E-state index contributed by atoms with van der Waals surface area (Å²) in [5, 5.41) is 2.90. The number of hydrogen-bond acceptors (Lipinski definition) is 6. The summed E-state index contributed by atoms with van der Waals surface area (Å²) in [5.74, 6) is 1.43. The fourth-order valence-corrected chi connectivity index (χ4v) is 3.83. The summed E-state index contributed by atoms with van der Waals surface area (Å²) in [6, 6.07) is 5.86. The maximum atomic E-state index is 12.0. The SMILES string of the molecule is COc1cc(-c2cc(C)c(=O)n(C)c2)cc(OC)c1CN1CC(NC(=O)OC(C)(C)C)C1. The van der Waals surface area contributed by atoms with Crippen LogP contribution in [0, 0.1) is 6.92 Å². The Bertz CT molecular complexity index is 997. The highest BCUT2D eigenvalue weighted by molar-refractivity contribution is 5.69. The molecule has 0 radical (unpaired) electrons. The summed E-state index contributed by atoms with van der Waals surface area (Å²) in [7, 11) is 5.02. The number of carbonyl (C=O) groups is 1. The fourth-order valence-electron chi connectivity index (χ4n) is 3.83. The summed E-state index contributed by atoms with van der Waals surface area (Å²) in [6.07, 6.45) is 1.42. The molecule has 0 aliphatic carbocycles. The van der Waals surface area contributed by atoms with E-state index < -0.39 is 11.7 Å². The topological polar surface area (TPSA) is 82.0 Å². The number of methoxy groups -OCH3 is 2. The zero-order valence-corrected chi connectivity index (χ0v) is 19.9. The van der Waals surface area contributed by atoms with Gasteiger partial charge in [-0.05, 0) is 57.0 Å². The van der Waals surface area contributed by atoms with Crippen LogP contribution >= 0.6 is 0 Å². The summed E-state index contributed by atoms with van der Waals surface area (Å²) in [5.41, 5.74) is 2.91. The largest absolute Gasteiger partial charge is 0.496 e. The highest BCUT2D eigenvalue weighted by Crippen LogP contribution is 2.36. The van der Waals surface area contributed by atoms with Crippen LogP contribution in [0.15, 0.2) is 29.2 Å². The van der Waals surface area contributed by atoms with E-state index in [1.165, 1.54) is 0 Å². The average molecular weight is 444 g/mol. The van der Waals surface area contributed by atoms with Crippen molar-refractivity contribution in [3.8, 4) is 22.6 Å². The van der Waals surface area contributed by atoms with Crippen LogP contribution in [0.5, 0.6) is 11.5 Å². The van der Waals surface area contributed by atoms with Crippen molar-refractivity contribution in [2.45, 2.75) is 45.9 Å². The van der Waals surface area contributed by atoms with Gasteiger partial charge < -0.3 is 24.1 Å². The van der Waals surface area contributed by atoms with Gasteiger partial charge in [0, 0.05) is 38.4 Å². The fraction of sp³-hybridized carbons (Fsp3) is 0.500. The number of carbonyl (C=O) groups excluding carboxylic acids is 1. The second-order valence-electron chi connectivity index (χ2n) is 9.22. The number of alkyl carbamates (subject to hydrolysis) is 1. The van der Waals surface area contributed by atoms with Crippen LogP contribution in [-0.4, -0.2) is 54.5 Å². The number of aryl methyl sites for hydroxylation is 2. The third kappa shape index (κ3) is 5.43. The number of nitrogens with one attached hydrogen (secondary N) is 1. The molecule has 174 valence electrons. The van der Waals surface area contributed by atoms with Gasteiger partial charge in [-0.3, -0.25) is 9.69 Å². The zero-order valence-electron chi connectivity index (χ0n) is 19.9. The van der Waals surface area contributed by atoms with Gasteiger partial charge in [-0.1, -0.05) is 0 Å². The number of benzene rings is 1. The van der Waals surface area contributed by atoms with Gasteiger partial charge in [0.25, 0.3) is 5.56 Å². The molecule has 2 heterocycles. The molecule has 3 rings (SSSR count). The Hall–Kier alpha value is -3.00. The van der Waals surface area contributed by atoms with Crippen LogP contribution in [-0.2, 0) is 18.3 Å². The number of nitrogens with zero attached hydrogens (tertiary/aromatic N) is 2. The van der Waals surface area contributed by atoms with Crippen LogP contribution in [0.4, 0.5) is 4.79 Å². The Balaban J connectivity index is 1.75. The van der Waals surface area contributed by atoms with Crippen LogP contribution in [0.1, 0.15) is 31.9 Å². The molecule has 8 nitrogen and oxygen atoms in total. The highest BCUT2D eigenvalue weighted by atomic mass is 16.6. The van der Waals surface area contributed by atoms with E-state index in [2.05, 4.69) is 10.2 Å². The molecule has 0 atom stereocenters. The molecule has 32 heavy (non-hydrogen) atoms. The summed E-state index contributed by atoms with van der Waals surface area (Å²) in [6.45, 7) is 9.40. The first-order valence-corrected chi connectivity index (χ1v) is 10.6. The van der Waals surface area contributed by atoms with Gasteiger partial charge in [-0.15, -0.1) is 0 Å². The molecule has 1 saturated heterocycles. The van der Waals surface area contributed by atoms with Crippen molar-refractivity contribution in [2.24, 2.45) is 7.05 Å². The average Bonchev–Trinajstić information content (AvgIpc) is 2.68. The van der Waals surface area contributed by atoms with E-state index in [9.17, 15) is 9.59 Å². The van der Waals surface area contributed by atoms with E-state index >= 15 is 0 Å². The lowest BCUT2D eigenvalue weighted by Crippen LogP contribution is -2.59. The first-order chi connectivity index (χ1) is 15.0. The van der Waals surface area contributed by atoms with Gasteiger partial charge in [0.1, 0.15) is 17.1 Å². The van der Waals surface area contributed by atoms with E-state index in [1.54, 1.807) is 32.8 Å². The molecule has 0 spiro atoms. The highest BCUT2D eigenvalue weighted by Gasteiger charge is 2.31. The molecule has 1 aromatic heterocycles. The van der Waals surface area contributed by atoms with Crippen molar-refractivity contribution >= 4 is 6.09 Å². The maximum absolute atomic E-state index is 12.0. The molecular formula is C24H33N3O5. The first kappa shape index (κ1) is 23.7. The minimum absolute atomic E-state index is 0.0170. The number of pyridine rings is 1. The third-order valence-electron chi connectivity index (χ3n) is 5.36. The second kappa shape index (κ2) is 9.24. The lowest BCUT2D eigenvalue weighted by atomic mass is 10.0. The smallest absolute Gasteiger partial charge is 0.407 e.